The van der Waals surface area contributed by atoms with Crippen molar-refractivity contribution in [3.63, 3.8) is 0 Å². The Balaban J connectivity index is 1.29. The highest BCUT2D eigenvalue weighted by atomic mass is 16.5. The zero-order valence-electron chi connectivity index (χ0n) is 17.7. The van der Waals surface area contributed by atoms with Crippen LogP contribution in [0.3, 0.4) is 0 Å². The highest BCUT2D eigenvalue weighted by Gasteiger charge is 2.22. The highest BCUT2D eigenvalue weighted by molar-refractivity contribution is 5.67. The van der Waals surface area contributed by atoms with Gasteiger partial charge in [-0.3, -0.25) is 9.78 Å². The van der Waals surface area contributed by atoms with Crippen LogP contribution < -0.4 is 9.64 Å². The fraction of sp³-hybridized carbons (Fsp3) is 0.500. The lowest BCUT2D eigenvalue weighted by Crippen LogP contribution is -2.36. The van der Waals surface area contributed by atoms with Gasteiger partial charge in [0.1, 0.15) is 5.75 Å². The number of anilines is 1. The quantitative estimate of drug-likeness (QED) is 0.756. The SMILES string of the molecule is CN1CCc2ccc(OCC3CCN(c4ccncc4CCC(=O)O)CC3)cc2C1. The first-order valence-electron chi connectivity index (χ1n) is 10.9. The van der Waals surface area contributed by atoms with Crippen LogP contribution in [0.2, 0.25) is 0 Å². The predicted molar refractivity (Wildman–Crippen MR) is 117 cm³/mol. The van der Waals surface area contributed by atoms with Gasteiger partial charge in [0.05, 0.1) is 6.61 Å². The van der Waals surface area contributed by atoms with Gasteiger partial charge in [0.25, 0.3) is 0 Å². The minimum atomic E-state index is -0.769. The number of benzene rings is 1. The van der Waals surface area contributed by atoms with E-state index in [1.54, 1.807) is 12.4 Å². The van der Waals surface area contributed by atoms with Crippen LogP contribution in [0.15, 0.2) is 36.7 Å². The molecular weight excluding hydrogens is 378 g/mol. The summed E-state index contributed by atoms with van der Waals surface area (Å²) in [5.74, 6) is 0.760. The summed E-state index contributed by atoms with van der Waals surface area (Å²) in [4.78, 5) is 19.8. The molecule has 6 heteroatoms. The smallest absolute Gasteiger partial charge is 0.303 e. The number of hydrogen-bond donors (Lipinski definition) is 1. The topological polar surface area (TPSA) is 65.9 Å². The largest absolute Gasteiger partial charge is 0.493 e. The van der Waals surface area contributed by atoms with Crippen LogP contribution in [0.5, 0.6) is 5.75 Å². The van der Waals surface area contributed by atoms with Gasteiger partial charge >= 0.3 is 5.97 Å². The molecule has 0 radical (unpaired) electrons. The Morgan fingerprint density at radius 3 is 2.83 bits per heavy atom. The molecule has 2 aliphatic heterocycles. The summed E-state index contributed by atoms with van der Waals surface area (Å²) in [5, 5.41) is 8.99. The van der Waals surface area contributed by atoms with Gasteiger partial charge in [-0.05, 0) is 73.5 Å². The lowest BCUT2D eigenvalue weighted by atomic mass is 9.96. The van der Waals surface area contributed by atoms with E-state index >= 15 is 0 Å². The minimum absolute atomic E-state index is 0.138. The lowest BCUT2D eigenvalue weighted by molar-refractivity contribution is -0.136. The monoisotopic (exact) mass is 409 g/mol. The third-order valence-corrected chi connectivity index (χ3v) is 6.31. The van der Waals surface area contributed by atoms with Gasteiger partial charge in [-0.1, -0.05) is 6.07 Å². The van der Waals surface area contributed by atoms with Crippen molar-refractivity contribution in [2.75, 3.05) is 38.2 Å². The molecule has 160 valence electrons. The van der Waals surface area contributed by atoms with Crippen molar-refractivity contribution in [2.24, 2.45) is 5.92 Å². The van der Waals surface area contributed by atoms with Gasteiger partial charge in [-0.2, -0.15) is 0 Å². The first-order valence-corrected chi connectivity index (χ1v) is 10.9. The molecule has 0 amide bonds. The molecular formula is C24H31N3O3. The summed E-state index contributed by atoms with van der Waals surface area (Å²) >= 11 is 0. The molecule has 0 spiro atoms. The molecule has 0 atom stereocenters. The maximum Gasteiger partial charge on any atom is 0.303 e. The van der Waals surface area contributed by atoms with Crippen molar-refractivity contribution in [1.29, 1.82) is 0 Å². The fourth-order valence-corrected chi connectivity index (χ4v) is 4.48. The number of pyridine rings is 1. The summed E-state index contributed by atoms with van der Waals surface area (Å²) in [6.07, 6.45) is 7.54. The van der Waals surface area contributed by atoms with Gasteiger partial charge in [0.15, 0.2) is 0 Å². The molecule has 0 saturated carbocycles. The van der Waals surface area contributed by atoms with Crippen molar-refractivity contribution >= 4 is 11.7 Å². The maximum absolute atomic E-state index is 10.9. The molecule has 2 aliphatic rings. The van der Waals surface area contributed by atoms with Crippen molar-refractivity contribution in [3.8, 4) is 5.75 Å². The van der Waals surface area contributed by atoms with Gasteiger partial charge < -0.3 is 19.6 Å². The number of aromatic nitrogens is 1. The molecule has 4 rings (SSSR count). The Kier molecular flexibility index (Phi) is 6.53. The summed E-state index contributed by atoms with van der Waals surface area (Å²) in [7, 11) is 2.17. The van der Waals surface area contributed by atoms with E-state index in [4.69, 9.17) is 9.84 Å². The summed E-state index contributed by atoms with van der Waals surface area (Å²) in [6.45, 7) is 4.81. The highest BCUT2D eigenvalue weighted by Crippen LogP contribution is 2.28. The fourth-order valence-electron chi connectivity index (χ4n) is 4.48. The molecule has 1 saturated heterocycles. The van der Waals surface area contributed by atoms with Crippen molar-refractivity contribution in [3.05, 3.63) is 53.3 Å². The van der Waals surface area contributed by atoms with E-state index in [0.717, 1.165) is 69.0 Å². The zero-order valence-corrected chi connectivity index (χ0v) is 17.7. The molecule has 1 fully saturated rings. The number of carboxylic acids is 1. The Bertz CT molecular complexity index is 878. The second-order valence-electron chi connectivity index (χ2n) is 8.56. The standard InChI is InChI=1S/C24H31N3O3/c1-26-11-9-19-2-4-22(14-21(19)16-26)30-17-18-7-12-27(13-8-18)23-6-10-25-15-20(23)3-5-24(28)29/h2,4,6,10,14-15,18H,3,5,7-9,11-13,16-17H2,1H3,(H,28,29). The molecule has 0 bridgehead atoms. The number of likely N-dealkylation sites (N-methyl/N-ethyl adjacent to an activating group) is 1. The molecule has 30 heavy (non-hydrogen) atoms. The van der Waals surface area contributed by atoms with Crippen LogP contribution >= 0.6 is 0 Å². The number of carboxylic acid groups (broad SMARTS) is 1. The van der Waals surface area contributed by atoms with E-state index in [-0.39, 0.29) is 6.42 Å². The first-order chi connectivity index (χ1) is 14.6. The van der Waals surface area contributed by atoms with E-state index in [9.17, 15) is 4.79 Å². The number of carbonyl (C=O) groups is 1. The van der Waals surface area contributed by atoms with Gasteiger partial charge in [0.2, 0.25) is 0 Å². The minimum Gasteiger partial charge on any atom is -0.493 e. The average Bonchev–Trinajstić information content (AvgIpc) is 2.76. The molecule has 2 aromatic rings. The molecule has 6 nitrogen and oxygen atoms in total. The van der Waals surface area contributed by atoms with Crippen LogP contribution in [0, 0.1) is 5.92 Å². The number of piperidine rings is 1. The van der Waals surface area contributed by atoms with Gasteiger partial charge in [-0.25, -0.2) is 0 Å². The summed E-state index contributed by atoms with van der Waals surface area (Å²) in [6, 6.07) is 8.57. The Morgan fingerprint density at radius 2 is 2.03 bits per heavy atom. The van der Waals surface area contributed by atoms with Crippen LogP contribution in [-0.2, 0) is 24.2 Å². The van der Waals surface area contributed by atoms with Crippen molar-refractivity contribution < 1.29 is 14.6 Å². The lowest BCUT2D eigenvalue weighted by Gasteiger charge is -2.34. The van der Waals surface area contributed by atoms with Crippen molar-refractivity contribution in [1.82, 2.24) is 9.88 Å². The van der Waals surface area contributed by atoms with E-state index in [1.165, 1.54) is 11.1 Å². The average molecular weight is 410 g/mol. The summed E-state index contributed by atoms with van der Waals surface area (Å²) < 4.78 is 6.16. The molecule has 0 unspecified atom stereocenters. The second kappa shape index (κ2) is 9.47. The van der Waals surface area contributed by atoms with Crippen LogP contribution in [0.1, 0.15) is 36.0 Å². The number of nitrogens with zero attached hydrogens (tertiary/aromatic N) is 3. The number of aliphatic carboxylic acids is 1. The molecule has 1 aromatic heterocycles. The molecule has 1 aromatic carbocycles. The normalized spacial score (nSPS) is 17.6. The van der Waals surface area contributed by atoms with Gasteiger partial charge in [0, 0.05) is 50.7 Å². The summed E-state index contributed by atoms with van der Waals surface area (Å²) in [5.41, 5.74) is 4.99. The van der Waals surface area contributed by atoms with Crippen LogP contribution in [-0.4, -0.2) is 54.2 Å². The Labute approximate surface area is 178 Å². The Hall–Kier alpha value is -2.60. The molecule has 1 N–H and O–H groups in total. The first kappa shape index (κ1) is 20.7. The predicted octanol–water partition coefficient (Wildman–Crippen LogP) is 3.38. The van der Waals surface area contributed by atoms with E-state index in [0.29, 0.717) is 12.3 Å². The van der Waals surface area contributed by atoms with Crippen LogP contribution in [0.4, 0.5) is 5.69 Å². The zero-order chi connectivity index (χ0) is 20.9. The number of aryl methyl sites for hydroxylation is 1. The van der Waals surface area contributed by atoms with Gasteiger partial charge in [-0.15, -0.1) is 0 Å². The number of rotatable bonds is 7. The molecule has 0 aliphatic carbocycles. The number of ether oxygens (including phenoxy) is 1. The molecule has 3 heterocycles. The Morgan fingerprint density at radius 1 is 1.20 bits per heavy atom. The van der Waals surface area contributed by atoms with Crippen molar-refractivity contribution in [2.45, 2.75) is 38.6 Å². The number of fused-ring (bicyclic) bond motifs is 1. The third kappa shape index (κ3) is 5.11. The van der Waals surface area contributed by atoms with Crippen LogP contribution in [0.25, 0.3) is 0 Å². The van der Waals surface area contributed by atoms with E-state index < -0.39 is 5.97 Å². The van der Waals surface area contributed by atoms with E-state index in [1.807, 2.05) is 6.07 Å². The third-order valence-electron chi connectivity index (χ3n) is 6.31. The second-order valence-corrected chi connectivity index (χ2v) is 8.56. The van der Waals surface area contributed by atoms with E-state index in [2.05, 4.69) is 40.0 Å². The number of hydrogen-bond acceptors (Lipinski definition) is 5. The maximum atomic E-state index is 10.9.